The summed E-state index contributed by atoms with van der Waals surface area (Å²) >= 11 is 0. The SMILES string of the molecule is CCOC/C(F)=C/C1C(C(=O)O)C1(C)C. The van der Waals surface area contributed by atoms with Crippen LogP contribution in [0.5, 0.6) is 0 Å². The number of rotatable bonds is 5. The molecule has 1 rings (SSSR count). The van der Waals surface area contributed by atoms with Crippen LogP contribution in [-0.2, 0) is 9.53 Å². The summed E-state index contributed by atoms with van der Waals surface area (Å²) in [5, 5.41) is 8.87. The van der Waals surface area contributed by atoms with Gasteiger partial charge in [0.15, 0.2) is 0 Å². The first kappa shape index (κ1) is 12.2. The molecule has 0 amide bonds. The maximum atomic E-state index is 13.2. The van der Waals surface area contributed by atoms with Crippen LogP contribution in [0.25, 0.3) is 0 Å². The summed E-state index contributed by atoms with van der Waals surface area (Å²) in [7, 11) is 0. The monoisotopic (exact) mass is 216 g/mol. The standard InChI is InChI=1S/C11H17FO3/c1-4-15-6-7(12)5-8-9(10(13)14)11(8,2)3/h5,8-9H,4,6H2,1-3H3,(H,13,14)/b7-5-. The summed E-state index contributed by atoms with van der Waals surface area (Å²) in [5.74, 6) is -1.91. The van der Waals surface area contributed by atoms with E-state index in [2.05, 4.69) is 0 Å². The molecule has 0 radical (unpaired) electrons. The number of carboxylic acid groups (broad SMARTS) is 1. The Balaban J connectivity index is 2.57. The van der Waals surface area contributed by atoms with Crippen LogP contribution in [-0.4, -0.2) is 24.3 Å². The van der Waals surface area contributed by atoms with Crippen molar-refractivity contribution >= 4 is 5.97 Å². The lowest BCUT2D eigenvalue weighted by molar-refractivity contribution is -0.139. The smallest absolute Gasteiger partial charge is 0.307 e. The van der Waals surface area contributed by atoms with E-state index in [1.165, 1.54) is 6.08 Å². The Morgan fingerprint density at radius 1 is 1.60 bits per heavy atom. The minimum Gasteiger partial charge on any atom is -0.481 e. The quantitative estimate of drug-likeness (QED) is 0.766. The van der Waals surface area contributed by atoms with Gasteiger partial charge in [0.1, 0.15) is 5.83 Å². The van der Waals surface area contributed by atoms with E-state index in [0.717, 1.165) is 0 Å². The van der Waals surface area contributed by atoms with E-state index in [4.69, 9.17) is 9.84 Å². The van der Waals surface area contributed by atoms with Crippen LogP contribution in [0.3, 0.4) is 0 Å². The second-order valence-corrected chi connectivity index (χ2v) is 4.41. The lowest BCUT2D eigenvalue weighted by Crippen LogP contribution is -2.03. The van der Waals surface area contributed by atoms with Crippen LogP contribution in [0.1, 0.15) is 20.8 Å². The van der Waals surface area contributed by atoms with Crippen molar-refractivity contribution in [3.63, 3.8) is 0 Å². The third-order valence-electron chi connectivity index (χ3n) is 2.98. The number of allylic oxidation sites excluding steroid dienone is 1. The van der Waals surface area contributed by atoms with Crippen molar-refractivity contribution in [3.05, 3.63) is 11.9 Å². The molecule has 1 saturated carbocycles. The van der Waals surface area contributed by atoms with Crippen molar-refractivity contribution in [2.24, 2.45) is 17.3 Å². The van der Waals surface area contributed by atoms with Crippen LogP contribution in [0.4, 0.5) is 4.39 Å². The molecule has 3 nitrogen and oxygen atoms in total. The minimum atomic E-state index is -0.856. The second kappa shape index (κ2) is 4.31. The average Bonchev–Trinajstić information content (AvgIpc) is 2.64. The van der Waals surface area contributed by atoms with Crippen LogP contribution in [0, 0.1) is 17.3 Å². The highest BCUT2D eigenvalue weighted by Crippen LogP contribution is 2.59. The molecule has 0 bridgehead atoms. The van der Waals surface area contributed by atoms with E-state index in [-0.39, 0.29) is 23.8 Å². The maximum Gasteiger partial charge on any atom is 0.307 e. The molecular formula is C11H17FO3. The predicted octanol–water partition coefficient (Wildman–Crippen LogP) is 2.23. The van der Waals surface area contributed by atoms with Gasteiger partial charge in [0.25, 0.3) is 0 Å². The number of carbonyl (C=O) groups is 1. The Morgan fingerprint density at radius 3 is 2.60 bits per heavy atom. The molecule has 1 N–H and O–H groups in total. The second-order valence-electron chi connectivity index (χ2n) is 4.41. The molecular weight excluding hydrogens is 199 g/mol. The van der Waals surface area contributed by atoms with Crippen LogP contribution in [0.2, 0.25) is 0 Å². The van der Waals surface area contributed by atoms with Gasteiger partial charge in [-0.25, -0.2) is 4.39 Å². The summed E-state index contributed by atoms with van der Waals surface area (Å²) in [6.45, 7) is 5.85. The highest BCUT2D eigenvalue weighted by molar-refractivity contribution is 5.76. The van der Waals surface area contributed by atoms with E-state index in [0.29, 0.717) is 6.61 Å². The normalized spacial score (nSPS) is 28.9. The van der Waals surface area contributed by atoms with Crippen molar-refractivity contribution in [2.45, 2.75) is 20.8 Å². The van der Waals surface area contributed by atoms with Gasteiger partial charge in [0.05, 0.1) is 12.5 Å². The molecule has 0 aromatic carbocycles. The van der Waals surface area contributed by atoms with Crippen LogP contribution in [0.15, 0.2) is 11.9 Å². The highest BCUT2D eigenvalue weighted by Gasteiger charge is 2.61. The van der Waals surface area contributed by atoms with Crippen molar-refractivity contribution < 1.29 is 19.0 Å². The first-order valence-corrected chi connectivity index (χ1v) is 5.08. The van der Waals surface area contributed by atoms with Crippen LogP contribution >= 0.6 is 0 Å². The molecule has 2 unspecified atom stereocenters. The molecule has 0 aromatic rings. The van der Waals surface area contributed by atoms with E-state index >= 15 is 0 Å². The van der Waals surface area contributed by atoms with Crippen molar-refractivity contribution in [1.82, 2.24) is 0 Å². The molecule has 1 fully saturated rings. The fourth-order valence-corrected chi connectivity index (χ4v) is 1.90. The zero-order chi connectivity index (χ0) is 11.6. The molecule has 0 aromatic heterocycles. The van der Waals surface area contributed by atoms with Gasteiger partial charge in [-0.3, -0.25) is 4.79 Å². The third kappa shape index (κ3) is 2.56. The summed E-state index contributed by atoms with van der Waals surface area (Å²) in [4.78, 5) is 10.8. The lowest BCUT2D eigenvalue weighted by Gasteiger charge is -1.99. The first-order chi connectivity index (χ1) is 6.91. The Bertz CT molecular complexity index is 284. The number of ether oxygens (including phenoxy) is 1. The number of aliphatic carboxylic acids is 1. The molecule has 1 aliphatic rings. The van der Waals surface area contributed by atoms with Gasteiger partial charge >= 0.3 is 5.97 Å². The van der Waals surface area contributed by atoms with Gasteiger partial charge in [-0.1, -0.05) is 13.8 Å². The number of halogens is 1. The molecule has 0 spiro atoms. The van der Waals surface area contributed by atoms with E-state index in [1.807, 2.05) is 13.8 Å². The van der Waals surface area contributed by atoms with Gasteiger partial charge in [0.2, 0.25) is 0 Å². The zero-order valence-corrected chi connectivity index (χ0v) is 9.29. The molecule has 0 saturated heterocycles. The molecule has 1 aliphatic carbocycles. The average molecular weight is 216 g/mol. The predicted molar refractivity (Wildman–Crippen MR) is 54.1 cm³/mol. The van der Waals surface area contributed by atoms with E-state index in [1.54, 1.807) is 6.92 Å². The fourth-order valence-electron chi connectivity index (χ4n) is 1.90. The Hall–Kier alpha value is -0.900. The summed E-state index contributed by atoms with van der Waals surface area (Å²) in [6.07, 6.45) is 1.38. The van der Waals surface area contributed by atoms with Gasteiger partial charge in [-0.2, -0.15) is 0 Å². The lowest BCUT2D eigenvalue weighted by atomic mass is 10.1. The Labute approximate surface area is 88.9 Å². The van der Waals surface area contributed by atoms with Gasteiger partial charge < -0.3 is 9.84 Å². The van der Waals surface area contributed by atoms with Gasteiger partial charge in [0, 0.05) is 6.61 Å². The van der Waals surface area contributed by atoms with E-state index in [9.17, 15) is 9.18 Å². The van der Waals surface area contributed by atoms with Crippen LogP contribution < -0.4 is 0 Å². The molecule has 4 heteroatoms. The van der Waals surface area contributed by atoms with Gasteiger partial charge in [-0.15, -0.1) is 0 Å². The summed E-state index contributed by atoms with van der Waals surface area (Å²) in [6, 6.07) is 0. The van der Waals surface area contributed by atoms with Crippen molar-refractivity contribution in [1.29, 1.82) is 0 Å². The third-order valence-corrected chi connectivity index (χ3v) is 2.98. The molecule has 15 heavy (non-hydrogen) atoms. The molecule has 86 valence electrons. The fraction of sp³-hybridized carbons (Fsp3) is 0.727. The van der Waals surface area contributed by atoms with Crippen molar-refractivity contribution in [2.75, 3.05) is 13.2 Å². The molecule has 0 aliphatic heterocycles. The largest absolute Gasteiger partial charge is 0.481 e. The minimum absolute atomic E-state index is 0.0601. The number of hydrogen-bond acceptors (Lipinski definition) is 2. The Morgan fingerprint density at radius 2 is 2.20 bits per heavy atom. The maximum absolute atomic E-state index is 13.2. The summed E-state index contributed by atoms with van der Waals surface area (Å²) < 4.78 is 18.1. The Kier molecular flexibility index (Phi) is 3.50. The molecule has 0 heterocycles. The number of carboxylic acids is 1. The van der Waals surface area contributed by atoms with Gasteiger partial charge in [-0.05, 0) is 24.3 Å². The first-order valence-electron chi connectivity index (χ1n) is 5.08. The van der Waals surface area contributed by atoms with E-state index < -0.39 is 11.9 Å². The zero-order valence-electron chi connectivity index (χ0n) is 9.29. The molecule has 2 atom stereocenters. The topological polar surface area (TPSA) is 46.5 Å². The summed E-state index contributed by atoms with van der Waals surface area (Å²) in [5.41, 5.74) is -0.338. The highest BCUT2D eigenvalue weighted by atomic mass is 19.1. The number of hydrogen-bond donors (Lipinski definition) is 1. The van der Waals surface area contributed by atoms with Crippen molar-refractivity contribution in [3.8, 4) is 0 Å².